The second-order valence-electron chi connectivity index (χ2n) is 7.95. The van der Waals surface area contributed by atoms with Crippen LogP contribution in [0.1, 0.15) is 30.9 Å². The van der Waals surface area contributed by atoms with Crippen LogP contribution in [0.4, 0.5) is 0 Å². The van der Waals surface area contributed by atoms with E-state index in [1.807, 2.05) is 12.3 Å². The monoisotopic (exact) mass is 375 g/mol. The van der Waals surface area contributed by atoms with Crippen molar-refractivity contribution in [3.05, 3.63) is 60.6 Å². The highest BCUT2D eigenvalue weighted by Gasteiger charge is 2.42. The van der Waals surface area contributed by atoms with Gasteiger partial charge in [-0.1, -0.05) is 30.3 Å². The van der Waals surface area contributed by atoms with Crippen molar-refractivity contribution in [3.63, 3.8) is 0 Å². The Morgan fingerprint density at radius 3 is 2.79 bits per heavy atom. The quantitative estimate of drug-likeness (QED) is 0.657. The van der Waals surface area contributed by atoms with E-state index in [1.165, 1.54) is 16.8 Å². The number of fused-ring (bicyclic) bond motifs is 2. The van der Waals surface area contributed by atoms with Crippen LogP contribution in [0.5, 0.6) is 0 Å². The van der Waals surface area contributed by atoms with Crippen LogP contribution in [0.15, 0.2) is 54.9 Å². The first-order chi connectivity index (χ1) is 13.7. The summed E-state index contributed by atoms with van der Waals surface area (Å²) in [5.41, 5.74) is 16.4. The van der Waals surface area contributed by atoms with Crippen LogP contribution in [-0.4, -0.2) is 27.9 Å². The van der Waals surface area contributed by atoms with Crippen molar-refractivity contribution in [1.82, 2.24) is 20.2 Å². The van der Waals surface area contributed by atoms with Gasteiger partial charge in [-0.05, 0) is 48.4 Å². The van der Waals surface area contributed by atoms with E-state index in [0.717, 1.165) is 24.9 Å². The molecule has 1 aliphatic carbocycles. The van der Waals surface area contributed by atoms with Crippen molar-refractivity contribution in [1.29, 1.82) is 0 Å². The molecule has 1 saturated heterocycles. The summed E-state index contributed by atoms with van der Waals surface area (Å²) in [7, 11) is 0. The van der Waals surface area contributed by atoms with E-state index in [0.29, 0.717) is 12.5 Å². The van der Waals surface area contributed by atoms with E-state index < -0.39 is 0 Å². The van der Waals surface area contributed by atoms with Gasteiger partial charge in [0, 0.05) is 42.5 Å². The minimum atomic E-state index is 0.0603. The molecule has 0 spiro atoms. The third-order valence-electron chi connectivity index (χ3n) is 6.45. The first-order valence-electron chi connectivity index (χ1n) is 10.0. The number of carbonyl (C=O) groups excluding carboxylic acids is 1. The molecule has 1 aliphatic heterocycles. The van der Waals surface area contributed by atoms with Crippen molar-refractivity contribution >= 4 is 11.6 Å². The van der Waals surface area contributed by atoms with Crippen LogP contribution in [0.3, 0.4) is 0 Å². The van der Waals surface area contributed by atoms with Crippen LogP contribution >= 0.6 is 0 Å². The van der Waals surface area contributed by atoms with Crippen LogP contribution in [0, 0.1) is 11.8 Å². The van der Waals surface area contributed by atoms with E-state index in [-0.39, 0.29) is 23.8 Å². The lowest BCUT2D eigenvalue weighted by molar-refractivity contribution is -0.133. The van der Waals surface area contributed by atoms with Crippen LogP contribution in [0.2, 0.25) is 0 Å². The summed E-state index contributed by atoms with van der Waals surface area (Å²) in [6.45, 7) is 0.527. The lowest BCUT2D eigenvalue weighted by Crippen LogP contribution is -2.62. The number of aromatic nitrogens is 2. The Kier molecular flexibility index (Phi) is 4.37. The van der Waals surface area contributed by atoms with Crippen molar-refractivity contribution in [2.75, 3.05) is 6.54 Å². The van der Waals surface area contributed by atoms with Crippen LogP contribution < -0.4 is 16.6 Å². The van der Waals surface area contributed by atoms with Crippen molar-refractivity contribution in [2.24, 2.45) is 17.6 Å². The molecule has 2 aromatic heterocycles. The van der Waals surface area contributed by atoms with Crippen molar-refractivity contribution in [2.45, 2.75) is 31.2 Å². The van der Waals surface area contributed by atoms with E-state index in [4.69, 9.17) is 5.73 Å². The molecule has 5 rings (SSSR count). The van der Waals surface area contributed by atoms with Crippen LogP contribution in [0.25, 0.3) is 16.8 Å². The normalized spacial score (nSPS) is 27.4. The number of benzene rings is 1. The average Bonchev–Trinajstić information content (AvgIpc) is 3.18. The smallest absolute Gasteiger partial charge is 0.237 e. The predicted octanol–water partition coefficient (Wildman–Crippen LogP) is 2.46. The zero-order valence-electron chi connectivity index (χ0n) is 15.7. The highest BCUT2D eigenvalue weighted by atomic mass is 16.2. The number of imidazole rings is 1. The Hall–Kier alpha value is -2.70. The molecule has 3 heterocycles. The molecule has 144 valence electrons. The fraction of sp³-hybridized carbons (Fsp3) is 0.364. The minimum absolute atomic E-state index is 0.0603. The zero-order chi connectivity index (χ0) is 19.1. The van der Waals surface area contributed by atoms with Crippen molar-refractivity contribution in [3.8, 4) is 11.1 Å². The standard InChI is InChI=1S/C22H25N5O/c23-11-19-18-10-15(6-8-17(18)22(28)26-25-19)20-12-24-21-9-7-16(13-27(20)21)14-4-2-1-3-5-14/h1-5,7,9,12-13,15,17-19,25H,6,8,10-11,23H2,(H,26,28). The molecule has 2 fully saturated rings. The van der Waals surface area contributed by atoms with Crippen LogP contribution in [-0.2, 0) is 4.79 Å². The predicted molar refractivity (Wildman–Crippen MR) is 108 cm³/mol. The van der Waals surface area contributed by atoms with Gasteiger partial charge in [-0.25, -0.2) is 10.4 Å². The number of amides is 1. The molecule has 0 radical (unpaired) electrons. The number of pyridine rings is 1. The third-order valence-corrected chi connectivity index (χ3v) is 6.45. The molecule has 4 N–H and O–H groups in total. The molecular formula is C22H25N5O. The summed E-state index contributed by atoms with van der Waals surface area (Å²) in [5.74, 6) is 0.812. The number of nitrogens with one attached hydrogen (secondary N) is 2. The van der Waals surface area contributed by atoms with E-state index in [2.05, 4.69) is 62.8 Å². The number of hydrazine groups is 1. The van der Waals surface area contributed by atoms with Gasteiger partial charge in [0.05, 0.1) is 0 Å². The van der Waals surface area contributed by atoms with Gasteiger partial charge in [-0.3, -0.25) is 10.2 Å². The molecule has 1 aromatic carbocycles. The number of nitrogens with zero attached hydrogens (tertiary/aromatic N) is 2. The van der Waals surface area contributed by atoms with Gasteiger partial charge in [0.1, 0.15) is 5.65 Å². The number of rotatable bonds is 3. The summed E-state index contributed by atoms with van der Waals surface area (Å²) < 4.78 is 2.22. The summed E-state index contributed by atoms with van der Waals surface area (Å²) >= 11 is 0. The maximum Gasteiger partial charge on any atom is 0.237 e. The molecule has 6 nitrogen and oxygen atoms in total. The van der Waals surface area contributed by atoms with E-state index in [1.54, 1.807) is 0 Å². The van der Waals surface area contributed by atoms with Gasteiger partial charge in [-0.2, -0.15) is 0 Å². The molecule has 1 saturated carbocycles. The first kappa shape index (κ1) is 17.4. The topological polar surface area (TPSA) is 84.5 Å². The average molecular weight is 375 g/mol. The molecule has 0 bridgehead atoms. The van der Waals surface area contributed by atoms with Gasteiger partial charge >= 0.3 is 0 Å². The molecule has 6 heteroatoms. The lowest BCUT2D eigenvalue weighted by Gasteiger charge is -2.43. The lowest BCUT2D eigenvalue weighted by atomic mass is 9.69. The van der Waals surface area contributed by atoms with Gasteiger partial charge in [0.25, 0.3) is 0 Å². The van der Waals surface area contributed by atoms with Gasteiger partial charge < -0.3 is 10.1 Å². The SMILES string of the molecule is NCC1NNC(=O)C2CCC(c3cnc4ccc(-c5ccccc5)cn34)CC12. The maximum atomic E-state index is 12.3. The Labute approximate surface area is 164 Å². The Bertz CT molecular complexity index is 999. The second kappa shape index (κ2) is 7.04. The fourth-order valence-corrected chi connectivity index (χ4v) is 4.94. The summed E-state index contributed by atoms with van der Waals surface area (Å²) in [6, 6.07) is 14.7. The second-order valence-corrected chi connectivity index (χ2v) is 7.95. The highest BCUT2D eigenvalue weighted by Crippen LogP contribution is 2.42. The van der Waals surface area contributed by atoms with Gasteiger partial charge in [0.15, 0.2) is 0 Å². The Morgan fingerprint density at radius 1 is 1.11 bits per heavy atom. The molecule has 3 aromatic rings. The molecule has 4 atom stereocenters. The van der Waals surface area contributed by atoms with Gasteiger partial charge in [-0.15, -0.1) is 0 Å². The maximum absolute atomic E-state index is 12.3. The van der Waals surface area contributed by atoms with E-state index in [9.17, 15) is 4.79 Å². The highest BCUT2D eigenvalue weighted by molar-refractivity contribution is 5.79. The number of hydrogen-bond donors (Lipinski definition) is 3. The molecule has 2 aliphatic rings. The number of hydrogen-bond acceptors (Lipinski definition) is 4. The fourth-order valence-electron chi connectivity index (χ4n) is 4.94. The van der Waals surface area contributed by atoms with E-state index >= 15 is 0 Å². The largest absolute Gasteiger partial charge is 0.329 e. The van der Waals surface area contributed by atoms with Crippen molar-refractivity contribution < 1.29 is 4.79 Å². The number of nitrogens with two attached hydrogens (primary N) is 1. The summed E-state index contributed by atoms with van der Waals surface area (Å²) in [6.07, 6.45) is 7.03. The molecule has 1 amide bonds. The van der Waals surface area contributed by atoms with Gasteiger partial charge in [0.2, 0.25) is 5.91 Å². The Balaban J connectivity index is 1.48. The summed E-state index contributed by atoms with van der Waals surface area (Å²) in [5, 5.41) is 0. The summed E-state index contributed by atoms with van der Waals surface area (Å²) in [4.78, 5) is 16.9. The minimum Gasteiger partial charge on any atom is -0.329 e. The number of carbonyl (C=O) groups is 1. The first-order valence-corrected chi connectivity index (χ1v) is 10.0. The Morgan fingerprint density at radius 2 is 1.96 bits per heavy atom. The third kappa shape index (κ3) is 2.89. The molecular weight excluding hydrogens is 350 g/mol. The zero-order valence-corrected chi connectivity index (χ0v) is 15.7. The molecule has 4 unspecified atom stereocenters. The molecule has 28 heavy (non-hydrogen) atoms.